The number of halogens is 2. The molecule has 1 aliphatic rings. The first-order valence-electron chi connectivity index (χ1n) is 4.92. The van der Waals surface area contributed by atoms with Crippen LogP contribution < -0.4 is 0 Å². The standard InChI is InChI=1S/C7H11F2NO3.C2H6/c8-7(9)4-10(6(13)3-11)2-1-5(7)12;1-2/h5,11-12H,1-4H2;1-2H3/t5-;/m0./s1. The number of aliphatic hydroxyl groups excluding tert-OH is 2. The molecule has 90 valence electrons. The molecule has 15 heavy (non-hydrogen) atoms. The average molecular weight is 225 g/mol. The smallest absolute Gasteiger partial charge is 0.290 e. The van der Waals surface area contributed by atoms with Gasteiger partial charge in [0.25, 0.3) is 5.92 Å². The van der Waals surface area contributed by atoms with Crippen LogP contribution in [0.3, 0.4) is 0 Å². The number of amides is 1. The van der Waals surface area contributed by atoms with Crippen molar-refractivity contribution in [2.45, 2.75) is 32.3 Å². The molecule has 1 rings (SSSR count). The van der Waals surface area contributed by atoms with Crippen molar-refractivity contribution in [1.82, 2.24) is 4.90 Å². The van der Waals surface area contributed by atoms with Gasteiger partial charge in [-0.3, -0.25) is 4.79 Å². The number of piperidine rings is 1. The van der Waals surface area contributed by atoms with Crippen LogP contribution in [0.25, 0.3) is 0 Å². The van der Waals surface area contributed by atoms with Gasteiger partial charge in [-0.05, 0) is 6.42 Å². The number of likely N-dealkylation sites (tertiary alicyclic amines) is 1. The normalized spacial score (nSPS) is 24.1. The number of hydrogen-bond acceptors (Lipinski definition) is 3. The van der Waals surface area contributed by atoms with Crippen LogP contribution in [-0.4, -0.2) is 52.7 Å². The molecule has 1 fully saturated rings. The van der Waals surface area contributed by atoms with Crippen LogP contribution in [0.15, 0.2) is 0 Å². The molecule has 0 aromatic carbocycles. The van der Waals surface area contributed by atoms with Gasteiger partial charge in [0.2, 0.25) is 5.91 Å². The number of hydrogen-bond donors (Lipinski definition) is 2. The summed E-state index contributed by atoms with van der Waals surface area (Å²) in [6.45, 7) is 2.48. The highest BCUT2D eigenvalue weighted by Gasteiger charge is 2.44. The number of carbonyl (C=O) groups is 1. The van der Waals surface area contributed by atoms with Gasteiger partial charge in [0.1, 0.15) is 12.7 Å². The second kappa shape index (κ2) is 5.97. The van der Waals surface area contributed by atoms with Crippen molar-refractivity contribution in [3.05, 3.63) is 0 Å². The van der Waals surface area contributed by atoms with Gasteiger partial charge in [0.05, 0.1) is 6.54 Å². The Bertz CT molecular complexity index is 212. The van der Waals surface area contributed by atoms with E-state index >= 15 is 0 Å². The molecule has 0 radical (unpaired) electrons. The fourth-order valence-electron chi connectivity index (χ4n) is 1.24. The summed E-state index contributed by atoms with van der Waals surface area (Å²) in [4.78, 5) is 11.7. The molecule has 0 saturated carbocycles. The zero-order chi connectivity index (χ0) is 12.1. The molecule has 0 aromatic rings. The molecule has 1 heterocycles. The Morgan fingerprint density at radius 1 is 1.53 bits per heavy atom. The largest absolute Gasteiger partial charge is 0.387 e. The van der Waals surface area contributed by atoms with E-state index in [4.69, 9.17) is 10.2 Å². The van der Waals surface area contributed by atoms with Crippen molar-refractivity contribution in [1.29, 1.82) is 0 Å². The Morgan fingerprint density at radius 3 is 2.47 bits per heavy atom. The fraction of sp³-hybridized carbons (Fsp3) is 0.889. The summed E-state index contributed by atoms with van der Waals surface area (Å²) in [5, 5.41) is 17.3. The Balaban J connectivity index is 0.000000921. The van der Waals surface area contributed by atoms with Gasteiger partial charge in [-0.15, -0.1) is 0 Å². The van der Waals surface area contributed by atoms with Gasteiger partial charge in [0.15, 0.2) is 0 Å². The quantitative estimate of drug-likeness (QED) is 0.671. The summed E-state index contributed by atoms with van der Waals surface area (Å²) in [6.07, 6.45) is -1.84. The van der Waals surface area contributed by atoms with Crippen LogP contribution in [0.2, 0.25) is 0 Å². The number of nitrogens with zero attached hydrogens (tertiary/aromatic N) is 1. The molecule has 0 aliphatic carbocycles. The summed E-state index contributed by atoms with van der Waals surface area (Å²) in [5.41, 5.74) is 0. The fourth-order valence-corrected chi connectivity index (χ4v) is 1.24. The van der Waals surface area contributed by atoms with Crippen molar-refractivity contribution in [3.63, 3.8) is 0 Å². The number of alkyl halides is 2. The highest BCUT2D eigenvalue weighted by atomic mass is 19.3. The minimum Gasteiger partial charge on any atom is -0.387 e. The number of carbonyl (C=O) groups excluding carboxylic acids is 1. The highest BCUT2D eigenvalue weighted by molar-refractivity contribution is 5.77. The van der Waals surface area contributed by atoms with E-state index < -0.39 is 31.1 Å². The summed E-state index contributed by atoms with van der Waals surface area (Å²) in [5.74, 6) is -3.99. The molecule has 1 aliphatic heterocycles. The molecule has 1 saturated heterocycles. The maximum Gasteiger partial charge on any atom is 0.290 e. The third-order valence-corrected chi connectivity index (χ3v) is 2.05. The molecule has 1 amide bonds. The predicted molar refractivity (Wildman–Crippen MR) is 50.6 cm³/mol. The van der Waals surface area contributed by atoms with Crippen molar-refractivity contribution in [2.24, 2.45) is 0 Å². The van der Waals surface area contributed by atoms with Crippen LogP contribution in [0, 0.1) is 0 Å². The van der Waals surface area contributed by atoms with Crippen LogP contribution in [0.5, 0.6) is 0 Å². The van der Waals surface area contributed by atoms with Crippen LogP contribution >= 0.6 is 0 Å². The minimum absolute atomic E-state index is 0.0656. The zero-order valence-electron chi connectivity index (χ0n) is 8.91. The van der Waals surface area contributed by atoms with Crippen molar-refractivity contribution in [2.75, 3.05) is 19.7 Å². The molecule has 0 bridgehead atoms. The Hall–Kier alpha value is -0.750. The van der Waals surface area contributed by atoms with Gasteiger partial charge in [-0.25, -0.2) is 8.78 Å². The molecule has 0 spiro atoms. The lowest BCUT2D eigenvalue weighted by Crippen LogP contribution is -2.53. The summed E-state index contributed by atoms with van der Waals surface area (Å²) in [7, 11) is 0. The van der Waals surface area contributed by atoms with Crippen molar-refractivity contribution in [3.8, 4) is 0 Å². The first kappa shape index (κ1) is 14.2. The minimum atomic E-state index is -3.26. The molecule has 2 N–H and O–H groups in total. The Kier molecular flexibility index (Phi) is 5.67. The number of rotatable bonds is 1. The van der Waals surface area contributed by atoms with Crippen LogP contribution in [-0.2, 0) is 4.79 Å². The van der Waals surface area contributed by atoms with E-state index in [9.17, 15) is 13.6 Å². The van der Waals surface area contributed by atoms with Gasteiger partial charge < -0.3 is 15.1 Å². The molecule has 4 nitrogen and oxygen atoms in total. The Morgan fingerprint density at radius 2 is 2.07 bits per heavy atom. The van der Waals surface area contributed by atoms with Crippen molar-refractivity contribution < 1.29 is 23.8 Å². The number of aliphatic hydroxyl groups is 2. The lowest BCUT2D eigenvalue weighted by molar-refractivity contribution is -0.166. The van der Waals surface area contributed by atoms with Gasteiger partial charge >= 0.3 is 0 Å². The third-order valence-electron chi connectivity index (χ3n) is 2.05. The zero-order valence-corrected chi connectivity index (χ0v) is 8.91. The van der Waals surface area contributed by atoms with E-state index in [2.05, 4.69) is 0 Å². The highest BCUT2D eigenvalue weighted by Crippen LogP contribution is 2.26. The van der Waals surface area contributed by atoms with E-state index in [0.29, 0.717) is 0 Å². The maximum absolute atomic E-state index is 12.8. The maximum atomic E-state index is 12.8. The SMILES string of the molecule is CC.O=C(CO)N1CC[C@H](O)C(F)(F)C1. The first-order valence-corrected chi connectivity index (χ1v) is 4.92. The summed E-state index contributed by atoms with van der Waals surface area (Å²) < 4.78 is 25.6. The molecule has 0 aromatic heterocycles. The molecular weight excluding hydrogens is 208 g/mol. The third kappa shape index (κ3) is 3.71. The second-order valence-electron chi connectivity index (χ2n) is 3.04. The molecule has 6 heteroatoms. The van der Waals surface area contributed by atoms with Gasteiger partial charge in [-0.2, -0.15) is 0 Å². The predicted octanol–water partition coefficient (Wildman–Crippen LogP) is 0.233. The van der Waals surface area contributed by atoms with Crippen LogP contribution in [0.1, 0.15) is 20.3 Å². The summed E-state index contributed by atoms with van der Waals surface area (Å²) in [6, 6.07) is 0. The molecule has 0 unspecified atom stereocenters. The van der Waals surface area contributed by atoms with Crippen LogP contribution in [0.4, 0.5) is 8.78 Å². The van der Waals surface area contributed by atoms with E-state index in [1.54, 1.807) is 0 Å². The van der Waals surface area contributed by atoms with E-state index in [-0.39, 0.29) is 13.0 Å². The average Bonchev–Trinajstić information content (AvgIpc) is 2.24. The van der Waals surface area contributed by atoms with Gasteiger partial charge in [0, 0.05) is 6.54 Å². The molecule has 1 atom stereocenters. The van der Waals surface area contributed by atoms with Gasteiger partial charge in [-0.1, -0.05) is 13.8 Å². The lowest BCUT2D eigenvalue weighted by atomic mass is 10.0. The van der Waals surface area contributed by atoms with E-state index in [1.807, 2.05) is 13.8 Å². The topological polar surface area (TPSA) is 60.8 Å². The first-order chi connectivity index (χ1) is 6.97. The van der Waals surface area contributed by atoms with Crippen molar-refractivity contribution >= 4 is 5.91 Å². The van der Waals surface area contributed by atoms with E-state index in [1.165, 1.54) is 0 Å². The summed E-state index contributed by atoms with van der Waals surface area (Å²) >= 11 is 0. The monoisotopic (exact) mass is 225 g/mol. The lowest BCUT2D eigenvalue weighted by Gasteiger charge is -2.35. The Labute approximate surface area is 87.5 Å². The second-order valence-corrected chi connectivity index (χ2v) is 3.04. The molecular formula is C9H17F2NO3. The van der Waals surface area contributed by atoms with E-state index in [0.717, 1.165) is 4.90 Å².